The summed E-state index contributed by atoms with van der Waals surface area (Å²) in [7, 11) is 0. The van der Waals surface area contributed by atoms with Crippen LogP contribution in [0.5, 0.6) is 5.75 Å². The molecule has 114 valence electrons. The van der Waals surface area contributed by atoms with Crippen LogP contribution in [-0.2, 0) is 0 Å². The molecular formula is C12H15ClF4N2O. The van der Waals surface area contributed by atoms with E-state index < -0.39 is 29.3 Å². The van der Waals surface area contributed by atoms with Gasteiger partial charge < -0.3 is 10.4 Å². The Morgan fingerprint density at radius 1 is 1.20 bits per heavy atom. The third-order valence-corrected chi connectivity index (χ3v) is 3.14. The SMILES string of the molecule is Cl.Oc1c(F)cccc1[C@H](N1CCNCC1)C(F)(F)F. The zero-order chi connectivity index (χ0) is 14.0. The standard InChI is InChI=1S/C12H14F4N2O.ClH/c13-9-3-1-2-8(10(9)19)11(12(14,15)16)18-6-4-17-5-7-18;/h1-3,11,17,19H,4-7H2;1H/t11-;/m0./s1. The monoisotopic (exact) mass is 314 g/mol. The molecule has 0 amide bonds. The Labute approximate surface area is 120 Å². The molecule has 20 heavy (non-hydrogen) atoms. The van der Waals surface area contributed by atoms with Gasteiger partial charge in [-0.05, 0) is 6.07 Å². The van der Waals surface area contributed by atoms with Gasteiger partial charge in [-0.15, -0.1) is 12.4 Å². The molecule has 0 aliphatic carbocycles. The number of nitrogens with one attached hydrogen (secondary N) is 1. The van der Waals surface area contributed by atoms with Crippen LogP contribution in [0.25, 0.3) is 0 Å². The van der Waals surface area contributed by atoms with Crippen molar-refractivity contribution in [1.29, 1.82) is 0 Å². The number of piperazine rings is 1. The van der Waals surface area contributed by atoms with Crippen molar-refractivity contribution in [1.82, 2.24) is 10.2 Å². The molecule has 2 rings (SSSR count). The lowest BCUT2D eigenvalue weighted by atomic mass is 10.0. The quantitative estimate of drug-likeness (QED) is 0.823. The van der Waals surface area contributed by atoms with E-state index >= 15 is 0 Å². The third kappa shape index (κ3) is 3.53. The van der Waals surface area contributed by atoms with Gasteiger partial charge in [0.1, 0.15) is 6.04 Å². The molecule has 1 fully saturated rings. The first-order valence-corrected chi connectivity index (χ1v) is 5.90. The molecule has 8 heteroatoms. The van der Waals surface area contributed by atoms with Gasteiger partial charge in [0.15, 0.2) is 11.6 Å². The zero-order valence-electron chi connectivity index (χ0n) is 10.5. The Morgan fingerprint density at radius 2 is 1.80 bits per heavy atom. The number of aromatic hydroxyl groups is 1. The van der Waals surface area contributed by atoms with Crippen LogP contribution in [-0.4, -0.2) is 42.4 Å². The predicted octanol–water partition coefficient (Wildman–Crippen LogP) is 2.46. The van der Waals surface area contributed by atoms with Crippen molar-refractivity contribution >= 4 is 12.4 Å². The van der Waals surface area contributed by atoms with E-state index in [9.17, 15) is 22.7 Å². The van der Waals surface area contributed by atoms with E-state index in [1.807, 2.05) is 0 Å². The lowest BCUT2D eigenvalue weighted by molar-refractivity contribution is -0.188. The Bertz CT molecular complexity index is 450. The topological polar surface area (TPSA) is 35.5 Å². The molecule has 0 bridgehead atoms. The van der Waals surface area contributed by atoms with Crippen LogP contribution in [0.15, 0.2) is 18.2 Å². The van der Waals surface area contributed by atoms with Crippen LogP contribution >= 0.6 is 12.4 Å². The van der Waals surface area contributed by atoms with Crippen LogP contribution in [0, 0.1) is 5.82 Å². The molecule has 1 atom stereocenters. The van der Waals surface area contributed by atoms with Crippen LogP contribution in [0.2, 0.25) is 0 Å². The molecule has 3 nitrogen and oxygen atoms in total. The zero-order valence-corrected chi connectivity index (χ0v) is 11.3. The third-order valence-electron chi connectivity index (χ3n) is 3.14. The minimum Gasteiger partial charge on any atom is -0.505 e. The number of halogens is 5. The van der Waals surface area contributed by atoms with Crippen molar-refractivity contribution in [2.75, 3.05) is 26.2 Å². The number of hydrogen-bond acceptors (Lipinski definition) is 3. The second-order valence-corrected chi connectivity index (χ2v) is 4.41. The highest BCUT2D eigenvalue weighted by Crippen LogP contribution is 2.41. The Hall–Kier alpha value is -1.05. The summed E-state index contributed by atoms with van der Waals surface area (Å²) in [6, 6.07) is 1.24. The maximum atomic E-state index is 13.2. The van der Waals surface area contributed by atoms with Crippen LogP contribution in [0.3, 0.4) is 0 Å². The molecule has 1 heterocycles. The van der Waals surface area contributed by atoms with Gasteiger partial charge in [-0.25, -0.2) is 4.39 Å². The molecule has 1 aliphatic rings. The number of rotatable bonds is 2. The summed E-state index contributed by atoms with van der Waals surface area (Å²) in [5.41, 5.74) is -0.436. The predicted molar refractivity (Wildman–Crippen MR) is 68.6 cm³/mol. The van der Waals surface area contributed by atoms with Gasteiger partial charge in [-0.3, -0.25) is 4.90 Å². The van der Waals surface area contributed by atoms with Gasteiger partial charge >= 0.3 is 6.18 Å². The fourth-order valence-electron chi connectivity index (χ4n) is 2.27. The van der Waals surface area contributed by atoms with E-state index in [4.69, 9.17) is 0 Å². The van der Waals surface area contributed by atoms with E-state index in [-0.39, 0.29) is 25.5 Å². The minimum atomic E-state index is -4.57. The van der Waals surface area contributed by atoms with Gasteiger partial charge in [-0.1, -0.05) is 12.1 Å². The van der Waals surface area contributed by atoms with Crippen molar-refractivity contribution in [3.8, 4) is 5.75 Å². The van der Waals surface area contributed by atoms with Gasteiger partial charge in [0.2, 0.25) is 0 Å². The maximum Gasteiger partial charge on any atom is 0.408 e. The second kappa shape index (κ2) is 6.60. The molecule has 0 aromatic heterocycles. The summed E-state index contributed by atoms with van der Waals surface area (Å²) in [4.78, 5) is 1.20. The molecular weight excluding hydrogens is 300 g/mol. The number of hydrogen-bond donors (Lipinski definition) is 2. The van der Waals surface area contributed by atoms with Gasteiger partial charge in [-0.2, -0.15) is 13.2 Å². The lowest BCUT2D eigenvalue weighted by Gasteiger charge is -2.36. The van der Waals surface area contributed by atoms with Crippen molar-refractivity contribution in [2.45, 2.75) is 12.2 Å². The highest BCUT2D eigenvalue weighted by atomic mass is 35.5. The van der Waals surface area contributed by atoms with Crippen molar-refractivity contribution in [2.24, 2.45) is 0 Å². The van der Waals surface area contributed by atoms with Gasteiger partial charge in [0, 0.05) is 31.7 Å². The van der Waals surface area contributed by atoms with E-state index in [0.29, 0.717) is 13.1 Å². The Morgan fingerprint density at radius 3 is 2.35 bits per heavy atom. The average Bonchev–Trinajstić information content (AvgIpc) is 2.35. The smallest absolute Gasteiger partial charge is 0.408 e. The highest BCUT2D eigenvalue weighted by Gasteiger charge is 2.46. The fourth-order valence-corrected chi connectivity index (χ4v) is 2.27. The van der Waals surface area contributed by atoms with E-state index in [2.05, 4.69) is 5.32 Å². The Balaban J connectivity index is 0.00000200. The number of nitrogens with zero attached hydrogens (tertiary/aromatic N) is 1. The van der Waals surface area contributed by atoms with E-state index in [1.165, 1.54) is 11.0 Å². The summed E-state index contributed by atoms with van der Waals surface area (Å²) < 4.78 is 52.9. The number of phenols is 1. The second-order valence-electron chi connectivity index (χ2n) is 4.41. The molecule has 0 unspecified atom stereocenters. The summed E-state index contributed by atoms with van der Waals surface area (Å²) in [6.45, 7) is 1.26. The maximum absolute atomic E-state index is 13.2. The summed E-state index contributed by atoms with van der Waals surface area (Å²) in [6.07, 6.45) is -4.57. The number of alkyl halides is 3. The number of phenolic OH excluding ortho intramolecular Hbond substituents is 1. The highest BCUT2D eigenvalue weighted by molar-refractivity contribution is 5.85. The van der Waals surface area contributed by atoms with Crippen LogP contribution in [0.1, 0.15) is 11.6 Å². The fraction of sp³-hybridized carbons (Fsp3) is 0.500. The normalized spacial score (nSPS) is 18.4. The largest absolute Gasteiger partial charge is 0.505 e. The van der Waals surface area contributed by atoms with Gasteiger partial charge in [0.25, 0.3) is 0 Å². The Kier molecular flexibility index (Phi) is 5.61. The molecule has 0 saturated carbocycles. The van der Waals surface area contributed by atoms with Crippen molar-refractivity contribution in [3.05, 3.63) is 29.6 Å². The van der Waals surface area contributed by atoms with Gasteiger partial charge in [0.05, 0.1) is 0 Å². The molecule has 1 aliphatic heterocycles. The molecule has 2 N–H and O–H groups in total. The lowest BCUT2D eigenvalue weighted by Crippen LogP contribution is -2.49. The first-order valence-electron chi connectivity index (χ1n) is 5.90. The average molecular weight is 315 g/mol. The first kappa shape index (κ1) is 17.0. The minimum absolute atomic E-state index is 0. The number of para-hydroxylation sites is 1. The first-order chi connectivity index (χ1) is 8.91. The van der Waals surface area contributed by atoms with Crippen molar-refractivity contribution in [3.63, 3.8) is 0 Å². The molecule has 1 aromatic rings. The van der Waals surface area contributed by atoms with E-state index in [0.717, 1.165) is 12.1 Å². The molecule has 1 saturated heterocycles. The summed E-state index contributed by atoms with van der Waals surface area (Å²) >= 11 is 0. The van der Waals surface area contributed by atoms with Crippen LogP contribution in [0.4, 0.5) is 17.6 Å². The summed E-state index contributed by atoms with van der Waals surface area (Å²) in [5, 5.41) is 12.5. The van der Waals surface area contributed by atoms with Crippen LogP contribution < -0.4 is 5.32 Å². The number of benzene rings is 1. The molecule has 0 spiro atoms. The van der Waals surface area contributed by atoms with Crippen molar-refractivity contribution < 1.29 is 22.7 Å². The summed E-state index contributed by atoms with van der Waals surface area (Å²) in [5.74, 6) is -1.97. The molecule has 0 radical (unpaired) electrons. The molecule has 1 aromatic carbocycles. The van der Waals surface area contributed by atoms with E-state index in [1.54, 1.807) is 0 Å².